The molecule has 3 nitrogen and oxygen atoms in total. The van der Waals surface area contributed by atoms with Crippen molar-refractivity contribution in [2.75, 3.05) is 11.9 Å². The van der Waals surface area contributed by atoms with Crippen molar-refractivity contribution in [1.29, 1.82) is 0 Å². The SMILES string of the molecule is O=C1CCC2CCC(OCCCCBr)CC2N1. The minimum Gasteiger partial charge on any atom is -0.378 e. The molecule has 4 heteroatoms. The number of hydrogen-bond donors (Lipinski definition) is 1. The molecule has 2 aliphatic rings. The first kappa shape index (κ1) is 13.3. The smallest absolute Gasteiger partial charge is 0.220 e. The first-order valence-electron chi connectivity index (χ1n) is 6.76. The second-order valence-corrected chi connectivity index (χ2v) is 5.97. The highest BCUT2D eigenvalue weighted by Crippen LogP contribution is 2.32. The number of fused-ring (bicyclic) bond motifs is 1. The van der Waals surface area contributed by atoms with E-state index in [0.29, 0.717) is 18.1 Å². The summed E-state index contributed by atoms with van der Waals surface area (Å²) in [6.45, 7) is 0.863. The van der Waals surface area contributed by atoms with Crippen LogP contribution >= 0.6 is 15.9 Å². The number of nitrogens with one attached hydrogen (secondary N) is 1. The van der Waals surface area contributed by atoms with Crippen LogP contribution in [-0.4, -0.2) is 30.0 Å². The van der Waals surface area contributed by atoms with E-state index < -0.39 is 0 Å². The number of rotatable bonds is 5. The highest BCUT2D eigenvalue weighted by atomic mass is 79.9. The van der Waals surface area contributed by atoms with Gasteiger partial charge in [-0.1, -0.05) is 15.9 Å². The van der Waals surface area contributed by atoms with Crippen LogP contribution in [0.3, 0.4) is 0 Å². The molecule has 3 unspecified atom stereocenters. The predicted octanol–water partition coefficient (Wildman–Crippen LogP) is 2.63. The minimum atomic E-state index is 0.228. The van der Waals surface area contributed by atoms with Crippen LogP contribution in [0.15, 0.2) is 0 Å². The monoisotopic (exact) mass is 303 g/mol. The van der Waals surface area contributed by atoms with Gasteiger partial charge in [0.05, 0.1) is 6.10 Å². The van der Waals surface area contributed by atoms with E-state index in [0.717, 1.165) is 37.6 Å². The average molecular weight is 304 g/mol. The van der Waals surface area contributed by atoms with Gasteiger partial charge in [0, 0.05) is 24.4 Å². The molecular formula is C13H22BrNO2. The van der Waals surface area contributed by atoms with Gasteiger partial charge < -0.3 is 10.1 Å². The predicted molar refractivity (Wildman–Crippen MR) is 71.3 cm³/mol. The normalized spacial score (nSPS) is 33.0. The topological polar surface area (TPSA) is 38.3 Å². The molecule has 1 aliphatic carbocycles. The lowest BCUT2D eigenvalue weighted by molar-refractivity contribution is -0.125. The highest BCUT2D eigenvalue weighted by molar-refractivity contribution is 9.09. The van der Waals surface area contributed by atoms with Crippen LogP contribution in [-0.2, 0) is 9.53 Å². The van der Waals surface area contributed by atoms with Crippen LogP contribution in [0.2, 0.25) is 0 Å². The molecule has 1 heterocycles. The number of halogens is 1. The number of piperidine rings is 1. The largest absolute Gasteiger partial charge is 0.378 e. The van der Waals surface area contributed by atoms with Gasteiger partial charge in [0.25, 0.3) is 0 Å². The maximum Gasteiger partial charge on any atom is 0.220 e. The van der Waals surface area contributed by atoms with E-state index in [-0.39, 0.29) is 5.91 Å². The van der Waals surface area contributed by atoms with Gasteiger partial charge in [-0.05, 0) is 44.4 Å². The molecule has 2 fully saturated rings. The fraction of sp³-hybridized carbons (Fsp3) is 0.923. The standard InChI is InChI=1S/C13H22BrNO2/c14-7-1-2-8-17-11-5-3-10-4-6-13(16)15-12(10)9-11/h10-12H,1-9H2,(H,15,16). The molecule has 17 heavy (non-hydrogen) atoms. The molecule has 2 rings (SSSR count). The molecule has 1 saturated carbocycles. The van der Waals surface area contributed by atoms with Crippen LogP contribution in [0, 0.1) is 5.92 Å². The Morgan fingerprint density at radius 1 is 1.29 bits per heavy atom. The van der Waals surface area contributed by atoms with Crippen LogP contribution in [0.5, 0.6) is 0 Å². The molecular weight excluding hydrogens is 282 g/mol. The number of carbonyl (C=O) groups excluding carboxylic acids is 1. The molecule has 1 amide bonds. The van der Waals surface area contributed by atoms with E-state index in [1.54, 1.807) is 0 Å². The number of carbonyl (C=O) groups is 1. The zero-order chi connectivity index (χ0) is 12.1. The van der Waals surface area contributed by atoms with Gasteiger partial charge in [-0.25, -0.2) is 0 Å². The third-order valence-corrected chi connectivity index (χ3v) is 4.48. The van der Waals surface area contributed by atoms with E-state index in [9.17, 15) is 4.79 Å². The third kappa shape index (κ3) is 3.95. The molecule has 0 radical (unpaired) electrons. The molecule has 0 spiro atoms. The van der Waals surface area contributed by atoms with Crippen LogP contribution in [0.1, 0.15) is 44.9 Å². The van der Waals surface area contributed by atoms with E-state index in [2.05, 4.69) is 21.2 Å². The van der Waals surface area contributed by atoms with Gasteiger partial charge >= 0.3 is 0 Å². The lowest BCUT2D eigenvalue weighted by Crippen LogP contribution is -2.49. The zero-order valence-electron chi connectivity index (χ0n) is 10.3. The number of unbranched alkanes of at least 4 members (excludes halogenated alkanes) is 1. The number of amides is 1. The van der Waals surface area contributed by atoms with Crippen molar-refractivity contribution in [3.63, 3.8) is 0 Å². The Hall–Kier alpha value is -0.0900. The van der Waals surface area contributed by atoms with E-state index in [1.807, 2.05) is 0 Å². The summed E-state index contributed by atoms with van der Waals surface area (Å²) >= 11 is 3.42. The Balaban J connectivity index is 1.70. The third-order valence-electron chi connectivity index (χ3n) is 3.92. The lowest BCUT2D eigenvalue weighted by atomic mass is 9.78. The summed E-state index contributed by atoms with van der Waals surface area (Å²) < 4.78 is 5.90. The molecule has 3 atom stereocenters. The number of alkyl halides is 1. The molecule has 98 valence electrons. The first-order valence-corrected chi connectivity index (χ1v) is 7.88. The molecule has 0 bridgehead atoms. The molecule has 1 saturated heterocycles. The van der Waals surface area contributed by atoms with Gasteiger partial charge in [0.1, 0.15) is 0 Å². The van der Waals surface area contributed by atoms with Crippen LogP contribution < -0.4 is 5.32 Å². The molecule has 0 aromatic rings. The van der Waals surface area contributed by atoms with Gasteiger partial charge in [0.15, 0.2) is 0 Å². The van der Waals surface area contributed by atoms with Crippen molar-refractivity contribution in [2.45, 2.75) is 57.1 Å². The Labute approximate surface area is 112 Å². The fourth-order valence-electron chi connectivity index (χ4n) is 2.91. The minimum absolute atomic E-state index is 0.228. The second-order valence-electron chi connectivity index (χ2n) is 5.17. The maximum absolute atomic E-state index is 11.4. The second kappa shape index (κ2) is 6.74. The summed E-state index contributed by atoms with van der Waals surface area (Å²) in [5.41, 5.74) is 0. The highest BCUT2D eigenvalue weighted by Gasteiger charge is 2.34. The molecule has 0 aromatic carbocycles. The van der Waals surface area contributed by atoms with Crippen molar-refractivity contribution >= 4 is 21.8 Å². The molecule has 0 aromatic heterocycles. The lowest BCUT2D eigenvalue weighted by Gasteiger charge is -2.39. The summed E-state index contributed by atoms with van der Waals surface area (Å²) in [6, 6.07) is 0.381. The quantitative estimate of drug-likeness (QED) is 0.626. The molecule has 1 N–H and O–H groups in total. The summed E-state index contributed by atoms with van der Waals surface area (Å²) in [6.07, 6.45) is 7.87. The Kier molecular flexibility index (Phi) is 5.29. The van der Waals surface area contributed by atoms with Gasteiger partial charge in [-0.3, -0.25) is 4.79 Å². The van der Waals surface area contributed by atoms with Crippen molar-refractivity contribution in [2.24, 2.45) is 5.92 Å². The summed E-state index contributed by atoms with van der Waals surface area (Å²) in [4.78, 5) is 11.4. The summed E-state index contributed by atoms with van der Waals surface area (Å²) in [5, 5.41) is 4.18. The van der Waals surface area contributed by atoms with E-state index in [4.69, 9.17) is 4.74 Å². The Bertz CT molecular complexity index is 260. The maximum atomic E-state index is 11.4. The van der Waals surface area contributed by atoms with Gasteiger partial charge in [-0.15, -0.1) is 0 Å². The van der Waals surface area contributed by atoms with Gasteiger partial charge in [0.2, 0.25) is 5.91 Å². The van der Waals surface area contributed by atoms with Crippen molar-refractivity contribution in [3.8, 4) is 0 Å². The number of ether oxygens (including phenoxy) is 1. The Morgan fingerprint density at radius 3 is 3.00 bits per heavy atom. The van der Waals surface area contributed by atoms with Crippen molar-refractivity contribution in [3.05, 3.63) is 0 Å². The van der Waals surface area contributed by atoms with E-state index >= 15 is 0 Å². The number of hydrogen-bond acceptors (Lipinski definition) is 2. The average Bonchev–Trinajstić information content (AvgIpc) is 2.34. The first-order chi connectivity index (χ1) is 8.29. The summed E-state index contributed by atoms with van der Waals surface area (Å²) in [5.74, 6) is 0.932. The zero-order valence-corrected chi connectivity index (χ0v) is 11.9. The van der Waals surface area contributed by atoms with Crippen molar-refractivity contribution in [1.82, 2.24) is 5.32 Å². The fourth-order valence-corrected chi connectivity index (χ4v) is 3.31. The summed E-state index contributed by atoms with van der Waals surface area (Å²) in [7, 11) is 0. The van der Waals surface area contributed by atoms with Crippen LogP contribution in [0.4, 0.5) is 0 Å². The van der Waals surface area contributed by atoms with Crippen molar-refractivity contribution < 1.29 is 9.53 Å². The van der Waals surface area contributed by atoms with Crippen LogP contribution in [0.25, 0.3) is 0 Å². The van der Waals surface area contributed by atoms with Gasteiger partial charge in [-0.2, -0.15) is 0 Å². The molecule has 1 aliphatic heterocycles. The Morgan fingerprint density at radius 2 is 2.18 bits per heavy atom. The van der Waals surface area contributed by atoms with E-state index in [1.165, 1.54) is 19.3 Å².